The first-order valence-corrected chi connectivity index (χ1v) is 10.9. The van der Waals surface area contributed by atoms with Gasteiger partial charge in [0.15, 0.2) is 0 Å². The summed E-state index contributed by atoms with van der Waals surface area (Å²) in [5, 5.41) is 21.4. The average molecular weight is 442 g/mol. The zero-order chi connectivity index (χ0) is 21.4. The number of hydrogen-bond donors (Lipinski definition) is 0. The summed E-state index contributed by atoms with van der Waals surface area (Å²) in [6.07, 6.45) is 0. The highest BCUT2D eigenvalue weighted by Crippen LogP contribution is 2.26. The van der Waals surface area contributed by atoms with E-state index in [1.54, 1.807) is 0 Å². The summed E-state index contributed by atoms with van der Waals surface area (Å²) in [6, 6.07) is 8.54. The van der Waals surface area contributed by atoms with Gasteiger partial charge in [0.1, 0.15) is 0 Å². The van der Waals surface area contributed by atoms with E-state index < -0.39 is 36.6 Å². The van der Waals surface area contributed by atoms with Crippen LogP contribution in [0.3, 0.4) is 0 Å². The Balaban J connectivity index is 1.81. The Morgan fingerprint density at radius 2 is 0.966 bits per heavy atom. The SMILES string of the molecule is O=[N+]([O-])c1ccc(S(=O)(=O)N2CCN(S(=O)(=O)c3ccc([N+](=O)[O-])cc3)C2)cc1. The number of non-ortho nitro benzene ring substituents is 2. The third kappa shape index (κ3) is 3.95. The van der Waals surface area contributed by atoms with E-state index in [9.17, 15) is 37.1 Å². The van der Waals surface area contributed by atoms with Gasteiger partial charge in [-0.3, -0.25) is 20.2 Å². The second kappa shape index (κ2) is 7.47. The predicted octanol–water partition coefficient (Wildman–Crippen LogP) is 1.16. The van der Waals surface area contributed by atoms with E-state index in [1.165, 1.54) is 0 Å². The first-order chi connectivity index (χ1) is 13.5. The van der Waals surface area contributed by atoms with Crippen LogP contribution in [0.1, 0.15) is 0 Å². The topological polar surface area (TPSA) is 161 Å². The molecule has 0 unspecified atom stereocenters. The molecule has 0 spiro atoms. The average Bonchev–Trinajstić information content (AvgIpc) is 3.20. The van der Waals surface area contributed by atoms with Crippen molar-refractivity contribution in [1.29, 1.82) is 0 Å². The van der Waals surface area contributed by atoms with Gasteiger partial charge in [-0.25, -0.2) is 16.8 Å². The van der Waals surface area contributed by atoms with E-state index in [0.29, 0.717) is 0 Å². The number of hydrogen-bond acceptors (Lipinski definition) is 8. The van der Waals surface area contributed by atoms with E-state index in [-0.39, 0.29) is 34.3 Å². The molecule has 0 aliphatic carbocycles. The Kier molecular flexibility index (Phi) is 5.36. The van der Waals surface area contributed by atoms with Crippen LogP contribution in [0.2, 0.25) is 0 Å². The van der Waals surface area contributed by atoms with Gasteiger partial charge >= 0.3 is 0 Å². The van der Waals surface area contributed by atoms with Crippen LogP contribution >= 0.6 is 0 Å². The minimum atomic E-state index is -4.06. The number of nitrogens with zero attached hydrogens (tertiary/aromatic N) is 4. The van der Waals surface area contributed by atoms with Crippen LogP contribution < -0.4 is 0 Å². The summed E-state index contributed by atoms with van der Waals surface area (Å²) < 4.78 is 52.7. The van der Waals surface area contributed by atoms with Crippen molar-refractivity contribution in [2.24, 2.45) is 0 Å². The van der Waals surface area contributed by atoms with Crippen LogP contribution in [0.4, 0.5) is 11.4 Å². The van der Waals surface area contributed by atoms with Crippen molar-refractivity contribution in [3.05, 3.63) is 68.8 Å². The lowest BCUT2D eigenvalue weighted by Crippen LogP contribution is -2.34. The molecule has 1 heterocycles. The molecule has 154 valence electrons. The predicted molar refractivity (Wildman–Crippen MR) is 98.8 cm³/mol. The van der Waals surface area contributed by atoms with Gasteiger partial charge in [0.25, 0.3) is 11.4 Å². The molecule has 2 aromatic carbocycles. The van der Waals surface area contributed by atoms with Crippen molar-refractivity contribution in [3.8, 4) is 0 Å². The molecule has 0 aromatic heterocycles. The van der Waals surface area contributed by atoms with Gasteiger partial charge in [-0.2, -0.15) is 8.61 Å². The molecule has 14 heteroatoms. The maximum absolute atomic E-state index is 12.7. The molecule has 2 aromatic rings. The van der Waals surface area contributed by atoms with Crippen LogP contribution in [0.15, 0.2) is 58.3 Å². The first-order valence-electron chi connectivity index (χ1n) is 8.03. The second-order valence-electron chi connectivity index (χ2n) is 6.00. The second-order valence-corrected chi connectivity index (χ2v) is 9.88. The summed E-state index contributed by atoms with van der Waals surface area (Å²) >= 11 is 0. The summed E-state index contributed by atoms with van der Waals surface area (Å²) in [5.74, 6) is 0. The standard InChI is InChI=1S/C15H14N4O8S2/c20-18(21)12-1-5-14(6-2-12)28(24,25)16-9-10-17(11-16)29(26,27)15-7-3-13(4-8-15)19(22)23/h1-8H,9-11H2. The zero-order valence-corrected chi connectivity index (χ0v) is 16.2. The number of rotatable bonds is 6. The maximum Gasteiger partial charge on any atom is 0.269 e. The lowest BCUT2D eigenvalue weighted by molar-refractivity contribution is -0.385. The smallest absolute Gasteiger partial charge is 0.258 e. The Morgan fingerprint density at radius 1 is 0.655 bits per heavy atom. The van der Waals surface area contributed by atoms with Crippen molar-refractivity contribution in [3.63, 3.8) is 0 Å². The van der Waals surface area contributed by atoms with Gasteiger partial charge in [-0.15, -0.1) is 0 Å². The fourth-order valence-electron chi connectivity index (χ4n) is 2.71. The van der Waals surface area contributed by atoms with Crippen molar-refractivity contribution in [1.82, 2.24) is 8.61 Å². The largest absolute Gasteiger partial charge is 0.269 e. The first kappa shape index (κ1) is 20.8. The molecular formula is C15H14N4O8S2. The molecule has 0 atom stereocenters. The molecule has 1 fully saturated rings. The van der Waals surface area contributed by atoms with Gasteiger partial charge in [-0.05, 0) is 24.3 Å². The van der Waals surface area contributed by atoms with Crippen LogP contribution in [0.25, 0.3) is 0 Å². The summed E-state index contributed by atoms with van der Waals surface area (Å²) in [7, 11) is -8.12. The van der Waals surface area contributed by atoms with Gasteiger partial charge in [0.05, 0.1) is 26.3 Å². The molecule has 0 amide bonds. The molecule has 0 radical (unpaired) electrons. The van der Waals surface area contributed by atoms with Crippen molar-refractivity contribution in [2.75, 3.05) is 19.8 Å². The van der Waals surface area contributed by atoms with E-state index in [0.717, 1.165) is 57.1 Å². The number of benzene rings is 2. The quantitative estimate of drug-likeness (QED) is 0.475. The Hall–Kier alpha value is -2.94. The molecule has 0 saturated carbocycles. The highest BCUT2D eigenvalue weighted by Gasteiger charge is 2.37. The minimum Gasteiger partial charge on any atom is -0.258 e. The van der Waals surface area contributed by atoms with Gasteiger partial charge < -0.3 is 0 Å². The fourth-order valence-corrected chi connectivity index (χ4v) is 5.57. The van der Waals surface area contributed by atoms with Crippen LogP contribution in [-0.4, -0.2) is 55.1 Å². The van der Waals surface area contributed by atoms with E-state index in [4.69, 9.17) is 0 Å². The number of nitro groups is 2. The maximum atomic E-state index is 12.7. The van der Waals surface area contributed by atoms with Crippen LogP contribution in [0, 0.1) is 20.2 Å². The molecule has 1 saturated heterocycles. The number of nitro benzene ring substituents is 2. The normalized spacial score (nSPS) is 16.0. The van der Waals surface area contributed by atoms with E-state index >= 15 is 0 Å². The third-order valence-electron chi connectivity index (χ3n) is 4.28. The Morgan fingerprint density at radius 3 is 1.24 bits per heavy atom. The fraction of sp³-hybridized carbons (Fsp3) is 0.200. The lowest BCUT2D eigenvalue weighted by atomic mass is 10.3. The monoisotopic (exact) mass is 442 g/mol. The zero-order valence-electron chi connectivity index (χ0n) is 14.6. The third-order valence-corrected chi connectivity index (χ3v) is 7.98. The molecule has 12 nitrogen and oxygen atoms in total. The van der Waals surface area contributed by atoms with Crippen molar-refractivity contribution in [2.45, 2.75) is 9.79 Å². The molecule has 0 N–H and O–H groups in total. The minimum absolute atomic E-state index is 0.106. The molecular weight excluding hydrogens is 428 g/mol. The summed E-state index contributed by atoms with van der Waals surface area (Å²) in [5.41, 5.74) is -0.541. The highest BCUT2D eigenvalue weighted by atomic mass is 32.2. The lowest BCUT2D eigenvalue weighted by Gasteiger charge is -2.18. The Bertz CT molecular complexity index is 1070. The van der Waals surface area contributed by atoms with Crippen LogP contribution in [-0.2, 0) is 20.0 Å². The van der Waals surface area contributed by atoms with E-state index in [2.05, 4.69) is 0 Å². The van der Waals surface area contributed by atoms with Gasteiger partial charge in [0.2, 0.25) is 20.0 Å². The number of sulfonamides is 2. The molecule has 1 aliphatic rings. The molecule has 29 heavy (non-hydrogen) atoms. The summed E-state index contributed by atoms with van der Waals surface area (Å²) in [4.78, 5) is 19.7. The van der Waals surface area contributed by atoms with Gasteiger partial charge in [-0.1, -0.05) is 0 Å². The van der Waals surface area contributed by atoms with Crippen molar-refractivity contribution < 1.29 is 26.7 Å². The van der Waals surface area contributed by atoms with Crippen LogP contribution in [0.5, 0.6) is 0 Å². The molecule has 0 bridgehead atoms. The Labute approximate surface area is 165 Å². The summed E-state index contributed by atoms with van der Waals surface area (Å²) in [6.45, 7) is -0.657. The molecule has 1 aliphatic heterocycles. The van der Waals surface area contributed by atoms with Gasteiger partial charge in [0, 0.05) is 37.4 Å². The van der Waals surface area contributed by atoms with Crippen molar-refractivity contribution >= 4 is 31.4 Å². The van der Waals surface area contributed by atoms with E-state index in [1.807, 2.05) is 0 Å². The molecule has 3 rings (SSSR count). The highest BCUT2D eigenvalue weighted by molar-refractivity contribution is 7.90.